The molecule has 1 atom stereocenters. The Morgan fingerprint density at radius 1 is 1.33 bits per heavy atom. The topological polar surface area (TPSA) is 87.4 Å². The molecule has 0 saturated carbocycles. The highest BCUT2D eigenvalue weighted by Crippen LogP contribution is 2.13. The maximum atomic E-state index is 11.7. The van der Waals surface area contributed by atoms with Crippen LogP contribution in [0, 0.1) is 0 Å². The van der Waals surface area contributed by atoms with E-state index >= 15 is 0 Å². The van der Waals surface area contributed by atoms with Crippen molar-refractivity contribution >= 4 is 11.9 Å². The van der Waals surface area contributed by atoms with E-state index in [4.69, 9.17) is 5.73 Å². The van der Waals surface area contributed by atoms with E-state index in [1.807, 2.05) is 13.0 Å². The van der Waals surface area contributed by atoms with Gasteiger partial charge in [0.2, 0.25) is 11.9 Å². The molecular formula is C14H24N6O. The fraction of sp³-hybridized carbons (Fsp3) is 0.643. The zero-order valence-corrected chi connectivity index (χ0v) is 12.5. The summed E-state index contributed by atoms with van der Waals surface area (Å²) in [5.74, 6) is 0.840. The minimum Gasteiger partial charge on any atom is -0.356 e. The molecule has 1 amide bonds. The number of hydrogen-bond acceptors (Lipinski definition) is 6. The molecule has 1 unspecified atom stereocenters. The first-order valence-electron chi connectivity index (χ1n) is 7.47. The van der Waals surface area contributed by atoms with Gasteiger partial charge in [0.05, 0.1) is 0 Å². The van der Waals surface area contributed by atoms with Gasteiger partial charge in [-0.05, 0) is 13.0 Å². The second kappa shape index (κ2) is 7.90. The Hall–Kier alpha value is -1.73. The molecule has 0 aromatic carbocycles. The van der Waals surface area contributed by atoms with Gasteiger partial charge in [0.25, 0.3) is 0 Å². The number of aromatic nitrogens is 2. The Morgan fingerprint density at radius 3 is 2.57 bits per heavy atom. The van der Waals surface area contributed by atoms with Crippen LogP contribution in [-0.4, -0.2) is 66.1 Å². The summed E-state index contributed by atoms with van der Waals surface area (Å²) in [6, 6.07) is 1.92. The second-order valence-corrected chi connectivity index (χ2v) is 5.12. The summed E-state index contributed by atoms with van der Waals surface area (Å²) < 4.78 is 0. The molecule has 2 rings (SSSR count). The Labute approximate surface area is 125 Å². The molecule has 21 heavy (non-hydrogen) atoms. The summed E-state index contributed by atoms with van der Waals surface area (Å²) in [7, 11) is 0. The number of piperazine rings is 1. The summed E-state index contributed by atoms with van der Waals surface area (Å²) in [6.07, 6.45) is 3.98. The lowest BCUT2D eigenvalue weighted by molar-refractivity contribution is -0.122. The number of anilines is 1. The van der Waals surface area contributed by atoms with Crippen LogP contribution in [0.25, 0.3) is 0 Å². The van der Waals surface area contributed by atoms with Crippen LogP contribution in [0.4, 0.5) is 5.95 Å². The molecule has 1 aliphatic heterocycles. The molecule has 1 aliphatic rings. The predicted octanol–water partition coefficient (Wildman–Crippen LogP) is -0.548. The van der Waals surface area contributed by atoms with Crippen molar-refractivity contribution in [2.75, 3.05) is 44.2 Å². The van der Waals surface area contributed by atoms with E-state index in [2.05, 4.69) is 25.1 Å². The van der Waals surface area contributed by atoms with Gasteiger partial charge in [-0.3, -0.25) is 9.69 Å². The van der Waals surface area contributed by atoms with E-state index in [1.54, 1.807) is 12.4 Å². The number of nitrogens with zero attached hydrogens (tertiary/aromatic N) is 4. The van der Waals surface area contributed by atoms with Crippen LogP contribution in [0.3, 0.4) is 0 Å². The fourth-order valence-corrected chi connectivity index (χ4v) is 2.59. The number of nitrogens with two attached hydrogens (primary N) is 1. The highest BCUT2D eigenvalue weighted by atomic mass is 16.1. The van der Waals surface area contributed by atoms with Crippen LogP contribution >= 0.6 is 0 Å². The van der Waals surface area contributed by atoms with Crippen LogP contribution in [0.5, 0.6) is 0 Å². The first-order valence-corrected chi connectivity index (χ1v) is 7.47. The molecule has 0 aliphatic carbocycles. The smallest absolute Gasteiger partial charge is 0.225 e. The molecule has 7 nitrogen and oxygen atoms in total. The number of carbonyl (C=O) groups excluding carboxylic acids is 1. The highest BCUT2D eigenvalue weighted by Gasteiger charge is 2.25. The van der Waals surface area contributed by atoms with Crippen molar-refractivity contribution in [1.29, 1.82) is 0 Å². The first-order chi connectivity index (χ1) is 10.2. The van der Waals surface area contributed by atoms with E-state index in [-0.39, 0.29) is 11.9 Å². The Bertz CT molecular complexity index is 432. The van der Waals surface area contributed by atoms with Gasteiger partial charge in [0, 0.05) is 64.1 Å². The molecule has 7 heteroatoms. The largest absolute Gasteiger partial charge is 0.356 e. The molecule has 2 heterocycles. The Kier molecular flexibility index (Phi) is 5.89. The zero-order valence-electron chi connectivity index (χ0n) is 12.5. The average molecular weight is 292 g/mol. The van der Waals surface area contributed by atoms with Crippen LogP contribution < -0.4 is 16.0 Å². The summed E-state index contributed by atoms with van der Waals surface area (Å²) in [5.41, 5.74) is 5.83. The van der Waals surface area contributed by atoms with Gasteiger partial charge in [-0.25, -0.2) is 9.97 Å². The maximum absolute atomic E-state index is 11.7. The van der Waals surface area contributed by atoms with Gasteiger partial charge >= 0.3 is 0 Å². The van der Waals surface area contributed by atoms with Crippen molar-refractivity contribution in [2.24, 2.45) is 5.73 Å². The average Bonchev–Trinajstić information content (AvgIpc) is 2.54. The molecular weight excluding hydrogens is 268 g/mol. The van der Waals surface area contributed by atoms with Crippen molar-refractivity contribution in [2.45, 2.75) is 19.4 Å². The monoisotopic (exact) mass is 292 g/mol. The van der Waals surface area contributed by atoms with Gasteiger partial charge in [0.15, 0.2) is 0 Å². The zero-order chi connectivity index (χ0) is 15.1. The Morgan fingerprint density at radius 2 is 2.00 bits per heavy atom. The van der Waals surface area contributed by atoms with E-state index in [9.17, 15) is 4.79 Å². The molecule has 3 N–H and O–H groups in total. The molecule has 1 saturated heterocycles. The van der Waals surface area contributed by atoms with Crippen molar-refractivity contribution in [3.05, 3.63) is 18.5 Å². The fourth-order valence-electron chi connectivity index (χ4n) is 2.59. The van der Waals surface area contributed by atoms with Gasteiger partial charge in [-0.1, -0.05) is 0 Å². The normalized spacial score (nSPS) is 17.5. The predicted molar refractivity (Wildman–Crippen MR) is 82.0 cm³/mol. The summed E-state index contributed by atoms with van der Waals surface area (Å²) in [6.45, 7) is 6.55. The van der Waals surface area contributed by atoms with Crippen molar-refractivity contribution in [1.82, 2.24) is 20.2 Å². The van der Waals surface area contributed by atoms with Crippen LogP contribution in [0.2, 0.25) is 0 Å². The van der Waals surface area contributed by atoms with Crippen molar-refractivity contribution in [3.8, 4) is 0 Å². The minimum atomic E-state index is 0.0711. The lowest BCUT2D eigenvalue weighted by atomic mass is 10.1. The third-order valence-corrected chi connectivity index (χ3v) is 3.73. The highest BCUT2D eigenvalue weighted by molar-refractivity contribution is 5.76. The number of nitrogens with one attached hydrogen (secondary N) is 1. The van der Waals surface area contributed by atoms with Gasteiger partial charge < -0.3 is 16.0 Å². The number of rotatable bonds is 6. The quantitative estimate of drug-likeness (QED) is 0.732. The van der Waals surface area contributed by atoms with Crippen LogP contribution in [0.15, 0.2) is 18.5 Å². The van der Waals surface area contributed by atoms with Crippen molar-refractivity contribution < 1.29 is 4.79 Å². The third-order valence-electron chi connectivity index (χ3n) is 3.73. The molecule has 1 aromatic rings. The van der Waals surface area contributed by atoms with Gasteiger partial charge in [-0.15, -0.1) is 0 Å². The van der Waals surface area contributed by atoms with Crippen LogP contribution in [-0.2, 0) is 4.79 Å². The Balaban J connectivity index is 1.85. The molecule has 116 valence electrons. The van der Waals surface area contributed by atoms with E-state index in [0.29, 0.717) is 19.5 Å². The molecule has 0 radical (unpaired) electrons. The molecule has 0 bridgehead atoms. The molecule has 1 fully saturated rings. The van der Waals surface area contributed by atoms with Gasteiger partial charge in [-0.2, -0.15) is 0 Å². The SMILES string of the molecule is CCNC(=O)CC(CN)N1CCN(c2ncccn2)CC1. The van der Waals surface area contributed by atoms with E-state index in [1.165, 1.54) is 0 Å². The van der Waals surface area contributed by atoms with Gasteiger partial charge in [0.1, 0.15) is 0 Å². The standard InChI is InChI=1S/C14H24N6O/c1-2-16-13(21)10-12(11-15)19-6-8-20(9-7-19)14-17-4-3-5-18-14/h3-5,12H,2,6-11,15H2,1H3,(H,16,21). The summed E-state index contributed by atoms with van der Waals surface area (Å²) in [4.78, 5) is 24.7. The number of hydrogen-bond donors (Lipinski definition) is 2. The number of carbonyl (C=O) groups is 1. The van der Waals surface area contributed by atoms with Crippen LogP contribution in [0.1, 0.15) is 13.3 Å². The first kappa shape index (κ1) is 15.7. The molecule has 0 spiro atoms. The summed E-state index contributed by atoms with van der Waals surface area (Å²) in [5, 5.41) is 2.83. The van der Waals surface area contributed by atoms with Crippen molar-refractivity contribution in [3.63, 3.8) is 0 Å². The third kappa shape index (κ3) is 4.37. The summed E-state index contributed by atoms with van der Waals surface area (Å²) >= 11 is 0. The second-order valence-electron chi connectivity index (χ2n) is 5.12. The maximum Gasteiger partial charge on any atom is 0.225 e. The minimum absolute atomic E-state index is 0.0711. The van der Waals surface area contributed by atoms with E-state index in [0.717, 1.165) is 32.1 Å². The lowest BCUT2D eigenvalue weighted by Gasteiger charge is -2.38. The molecule has 1 aromatic heterocycles. The van der Waals surface area contributed by atoms with E-state index < -0.39 is 0 Å². The lowest BCUT2D eigenvalue weighted by Crippen LogP contribution is -2.53. The number of amides is 1.